The highest BCUT2D eigenvalue weighted by molar-refractivity contribution is 9.10. The topological polar surface area (TPSA) is 61.7 Å². The molecular formula is C19H14BrClN2O2. The molecular weight excluding hydrogens is 404 g/mol. The molecule has 6 heteroatoms. The van der Waals surface area contributed by atoms with E-state index in [0.717, 1.165) is 20.8 Å². The number of carbonyl (C=O) groups excluding carboxylic acids is 1. The molecule has 3 aromatic carbocycles. The zero-order chi connectivity index (χ0) is 17.8. The Hall–Kier alpha value is -2.37. The maximum Gasteiger partial charge on any atom is 0.244 e. The number of hydrogen-bond acceptors (Lipinski definition) is 3. The number of halogens is 2. The van der Waals surface area contributed by atoms with E-state index in [1.165, 1.54) is 6.21 Å². The summed E-state index contributed by atoms with van der Waals surface area (Å²) in [6.45, 7) is 0. The lowest BCUT2D eigenvalue weighted by Crippen LogP contribution is -2.19. The number of aromatic hydroxyl groups is 1. The van der Waals surface area contributed by atoms with E-state index in [2.05, 4.69) is 26.5 Å². The quantitative estimate of drug-likeness (QED) is 0.479. The minimum atomic E-state index is -0.249. The second kappa shape index (κ2) is 7.68. The third kappa shape index (κ3) is 4.38. The van der Waals surface area contributed by atoms with Crippen LogP contribution in [-0.2, 0) is 11.2 Å². The first-order chi connectivity index (χ1) is 12.0. The number of phenolic OH excluding ortho intramolecular Hbond substituents is 1. The molecule has 0 aromatic heterocycles. The Labute approximate surface area is 158 Å². The van der Waals surface area contributed by atoms with Gasteiger partial charge in [-0.25, -0.2) is 5.43 Å². The molecule has 0 heterocycles. The highest BCUT2D eigenvalue weighted by Gasteiger charge is 2.06. The smallest absolute Gasteiger partial charge is 0.244 e. The number of amides is 1. The van der Waals surface area contributed by atoms with E-state index in [-0.39, 0.29) is 18.1 Å². The molecule has 4 nitrogen and oxygen atoms in total. The second-order valence-corrected chi connectivity index (χ2v) is 6.81. The average Bonchev–Trinajstić information content (AvgIpc) is 2.59. The van der Waals surface area contributed by atoms with Crippen LogP contribution >= 0.6 is 27.5 Å². The standard InChI is InChI=1S/C19H14BrClN2O2/c20-14-4-7-16-13(10-14)3-8-18(24)17(16)11-22-23-19(25)9-12-1-5-15(21)6-2-12/h1-8,10-11,24H,9H2,(H,23,25)/b22-11-. The van der Waals surface area contributed by atoms with E-state index >= 15 is 0 Å². The normalized spacial score (nSPS) is 11.1. The summed E-state index contributed by atoms with van der Waals surface area (Å²) >= 11 is 9.24. The van der Waals surface area contributed by atoms with Crippen LogP contribution in [0.25, 0.3) is 10.8 Å². The minimum absolute atomic E-state index is 0.102. The highest BCUT2D eigenvalue weighted by Crippen LogP contribution is 2.27. The summed E-state index contributed by atoms with van der Waals surface area (Å²) in [5, 5.41) is 16.5. The lowest BCUT2D eigenvalue weighted by molar-refractivity contribution is -0.120. The predicted octanol–water partition coefficient (Wildman–Crippen LogP) is 4.65. The van der Waals surface area contributed by atoms with Crippen molar-refractivity contribution < 1.29 is 9.90 Å². The molecule has 2 N–H and O–H groups in total. The van der Waals surface area contributed by atoms with Gasteiger partial charge < -0.3 is 5.11 Å². The van der Waals surface area contributed by atoms with E-state index in [0.29, 0.717) is 10.6 Å². The number of carbonyl (C=O) groups is 1. The fourth-order valence-electron chi connectivity index (χ4n) is 2.44. The van der Waals surface area contributed by atoms with Crippen LogP contribution < -0.4 is 5.43 Å². The molecule has 0 saturated carbocycles. The number of nitrogens with zero attached hydrogens (tertiary/aromatic N) is 1. The van der Waals surface area contributed by atoms with E-state index in [9.17, 15) is 9.90 Å². The van der Waals surface area contributed by atoms with Crippen LogP contribution in [0.2, 0.25) is 5.02 Å². The highest BCUT2D eigenvalue weighted by atomic mass is 79.9. The van der Waals surface area contributed by atoms with E-state index in [4.69, 9.17) is 11.6 Å². The summed E-state index contributed by atoms with van der Waals surface area (Å²) in [6, 6.07) is 16.2. The summed E-state index contributed by atoms with van der Waals surface area (Å²) in [4.78, 5) is 12.0. The molecule has 0 spiro atoms. The Morgan fingerprint density at radius 1 is 1.16 bits per heavy atom. The predicted molar refractivity (Wildman–Crippen MR) is 104 cm³/mol. The van der Waals surface area contributed by atoms with Gasteiger partial charge in [0.1, 0.15) is 5.75 Å². The molecule has 126 valence electrons. The van der Waals surface area contributed by atoms with Gasteiger partial charge in [0.05, 0.1) is 12.6 Å². The maximum absolute atomic E-state index is 12.0. The fraction of sp³-hybridized carbons (Fsp3) is 0.0526. The fourth-order valence-corrected chi connectivity index (χ4v) is 2.95. The van der Waals surface area contributed by atoms with Crippen molar-refractivity contribution in [3.63, 3.8) is 0 Å². The van der Waals surface area contributed by atoms with Gasteiger partial charge in [0, 0.05) is 15.1 Å². The molecule has 0 saturated heterocycles. The summed E-state index contributed by atoms with van der Waals surface area (Å²) in [7, 11) is 0. The van der Waals surface area contributed by atoms with Crippen molar-refractivity contribution in [1.82, 2.24) is 5.43 Å². The van der Waals surface area contributed by atoms with Crippen molar-refractivity contribution >= 4 is 50.4 Å². The van der Waals surface area contributed by atoms with Gasteiger partial charge in [-0.2, -0.15) is 5.10 Å². The van der Waals surface area contributed by atoms with Gasteiger partial charge in [-0.05, 0) is 46.7 Å². The van der Waals surface area contributed by atoms with Crippen molar-refractivity contribution in [3.05, 3.63) is 75.2 Å². The van der Waals surface area contributed by atoms with Gasteiger partial charge in [-0.1, -0.05) is 51.8 Å². The summed E-state index contributed by atoms with van der Waals surface area (Å²) in [6.07, 6.45) is 1.65. The number of hydrogen-bond donors (Lipinski definition) is 2. The number of rotatable bonds is 4. The molecule has 3 aromatic rings. The largest absolute Gasteiger partial charge is 0.507 e. The lowest BCUT2D eigenvalue weighted by Gasteiger charge is -2.06. The Morgan fingerprint density at radius 3 is 2.68 bits per heavy atom. The zero-order valence-electron chi connectivity index (χ0n) is 13.0. The van der Waals surface area contributed by atoms with Crippen LogP contribution in [0.1, 0.15) is 11.1 Å². The molecule has 3 rings (SSSR count). The molecule has 0 aliphatic rings. The van der Waals surface area contributed by atoms with Gasteiger partial charge in [-0.3, -0.25) is 4.79 Å². The first-order valence-corrected chi connectivity index (χ1v) is 8.67. The Balaban J connectivity index is 1.73. The molecule has 0 atom stereocenters. The third-order valence-corrected chi connectivity index (χ3v) is 4.41. The number of hydrazone groups is 1. The monoisotopic (exact) mass is 416 g/mol. The van der Waals surface area contributed by atoms with Crippen molar-refractivity contribution in [1.29, 1.82) is 0 Å². The van der Waals surface area contributed by atoms with Crippen LogP contribution in [-0.4, -0.2) is 17.2 Å². The number of benzene rings is 3. The Morgan fingerprint density at radius 2 is 1.92 bits per heavy atom. The minimum Gasteiger partial charge on any atom is -0.507 e. The van der Waals surface area contributed by atoms with Gasteiger partial charge in [0.2, 0.25) is 5.91 Å². The van der Waals surface area contributed by atoms with Crippen LogP contribution in [0, 0.1) is 0 Å². The Bertz CT molecular complexity index is 956. The summed E-state index contributed by atoms with van der Waals surface area (Å²) < 4.78 is 0.949. The van der Waals surface area contributed by atoms with Crippen LogP contribution in [0.4, 0.5) is 0 Å². The second-order valence-electron chi connectivity index (χ2n) is 5.46. The molecule has 0 bridgehead atoms. The van der Waals surface area contributed by atoms with Gasteiger partial charge >= 0.3 is 0 Å². The number of fused-ring (bicyclic) bond motifs is 1. The van der Waals surface area contributed by atoms with Crippen LogP contribution in [0.5, 0.6) is 5.75 Å². The van der Waals surface area contributed by atoms with Crippen molar-refractivity contribution in [2.45, 2.75) is 6.42 Å². The molecule has 0 fully saturated rings. The van der Waals surface area contributed by atoms with Crippen LogP contribution in [0.15, 0.2) is 64.2 Å². The first-order valence-electron chi connectivity index (χ1n) is 7.50. The molecule has 0 unspecified atom stereocenters. The van der Waals surface area contributed by atoms with Crippen molar-refractivity contribution in [2.75, 3.05) is 0 Å². The van der Waals surface area contributed by atoms with Crippen LogP contribution in [0.3, 0.4) is 0 Å². The van der Waals surface area contributed by atoms with Crippen molar-refractivity contribution in [2.24, 2.45) is 5.10 Å². The molecule has 0 aliphatic heterocycles. The molecule has 0 radical (unpaired) electrons. The Kier molecular flexibility index (Phi) is 5.36. The van der Waals surface area contributed by atoms with Gasteiger partial charge in [0.15, 0.2) is 0 Å². The lowest BCUT2D eigenvalue weighted by atomic mass is 10.0. The SMILES string of the molecule is O=C(Cc1ccc(Cl)cc1)N/N=C\c1c(O)ccc2cc(Br)ccc12. The summed E-state index contributed by atoms with van der Waals surface area (Å²) in [5.74, 6) is -0.147. The molecule has 0 aliphatic carbocycles. The number of phenols is 1. The van der Waals surface area contributed by atoms with E-state index in [1.54, 1.807) is 30.3 Å². The number of nitrogens with one attached hydrogen (secondary N) is 1. The van der Waals surface area contributed by atoms with Gasteiger partial charge in [0.25, 0.3) is 0 Å². The maximum atomic E-state index is 12.0. The third-order valence-electron chi connectivity index (χ3n) is 3.66. The molecule has 1 amide bonds. The average molecular weight is 418 g/mol. The zero-order valence-corrected chi connectivity index (χ0v) is 15.4. The van der Waals surface area contributed by atoms with E-state index in [1.807, 2.05) is 24.3 Å². The van der Waals surface area contributed by atoms with E-state index < -0.39 is 0 Å². The first kappa shape index (κ1) is 17.5. The molecule has 25 heavy (non-hydrogen) atoms. The summed E-state index contributed by atoms with van der Waals surface area (Å²) in [5.41, 5.74) is 3.87. The van der Waals surface area contributed by atoms with Crippen molar-refractivity contribution in [3.8, 4) is 5.75 Å². The van der Waals surface area contributed by atoms with Gasteiger partial charge in [-0.15, -0.1) is 0 Å².